The summed E-state index contributed by atoms with van der Waals surface area (Å²) in [6, 6.07) is 8.88. The van der Waals surface area contributed by atoms with Gasteiger partial charge in [0.25, 0.3) is 0 Å². The van der Waals surface area contributed by atoms with Crippen LogP contribution in [0.1, 0.15) is 25.3 Å². The summed E-state index contributed by atoms with van der Waals surface area (Å²) in [4.78, 5) is 10.00. The van der Waals surface area contributed by atoms with Crippen molar-refractivity contribution in [2.45, 2.75) is 32.4 Å². The summed E-state index contributed by atoms with van der Waals surface area (Å²) in [6.45, 7) is 11.4. The molecule has 0 aromatic heterocycles. The van der Waals surface area contributed by atoms with Gasteiger partial charge >= 0.3 is 0 Å². The van der Waals surface area contributed by atoms with Gasteiger partial charge in [-0.2, -0.15) is 0 Å². The highest BCUT2D eigenvalue weighted by atomic mass is 127. The molecule has 28 heavy (non-hydrogen) atoms. The Morgan fingerprint density at radius 2 is 1.93 bits per heavy atom. The number of ether oxygens (including phenoxy) is 1. The third-order valence-electron chi connectivity index (χ3n) is 5.79. The molecule has 6 nitrogen and oxygen atoms in total. The highest BCUT2D eigenvalue weighted by Gasteiger charge is 2.31. The van der Waals surface area contributed by atoms with Crippen molar-refractivity contribution in [2.24, 2.45) is 10.9 Å². The second-order valence-electron chi connectivity index (χ2n) is 7.93. The van der Waals surface area contributed by atoms with Gasteiger partial charge in [0.05, 0.1) is 13.2 Å². The maximum atomic E-state index is 6.02. The van der Waals surface area contributed by atoms with Crippen LogP contribution in [-0.2, 0) is 6.54 Å². The number of fused-ring (bicyclic) bond motifs is 3. The van der Waals surface area contributed by atoms with E-state index in [0.717, 1.165) is 42.9 Å². The Balaban J connectivity index is 0.00000225. The Hall–Kier alpha value is -1.06. The molecule has 7 heteroatoms. The summed E-state index contributed by atoms with van der Waals surface area (Å²) < 4.78 is 6.02. The van der Waals surface area contributed by atoms with E-state index in [4.69, 9.17) is 9.73 Å². The molecule has 5 rings (SSSR count). The summed E-state index contributed by atoms with van der Waals surface area (Å²) in [7, 11) is 0. The van der Waals surface area contributed by atoms with Crippen molar-refractivity contribution in [1.29, 1.82) is 0 Å². The van der Waals surface area contributed by atoms with Gasteiger partial charge in [0.2, 0.25) is 0 Å². The molecule has 4 fully saturated rings. The number of benzene rings is 1. The molecule has 1 saturated carbocycles. The van der Waals surface area contributed by atoms with E-state index in [1.54, 1.807) is 0 Å². The summed E-state index contributed by atoms with van der Waals surface area (Å²) >= 11 is 0. The third kappa shape index (κ3) is 5.97. The van der Waals surface area contributed by atoms with E-state index in [1.165, 1.54) is 45.6 Å². The van der Waals surface area contributed by atoms with E-state index >= 15 is 0 Å². The first-order chi connectivity index (χ1) is 13.3. The van der Waals surface area contributed by atoms with E-state index in [9.17, 15) is 0 Å². The lowest BCUT2D eigenvalue weighted by molar-refractivity contribution is 0.0154. The van der Waals surface area contributed by atoms with Crippen LogP contribution in [-0.4, -0.2) is 74.2 Å². The molecule has 0 spiro atoms. The minimum absolute atomic E-state index is 0. The monoisotopic (exact) mass is 499 g/mol. The maximum Gasteiger partial charge on any atom is 0.191 e. The van der Waals surface area contributed by atoms with Gasteiger partial charge in [-0.05, 0) is 31.7 Å². The van der Waals surface area contributed by atoms with Crippen LogP contribution < -0.4 is 15.4 Å². The summed E-state index contributed by atoms with van der Waals surface area (Å²) in [5.41, 5.74) is 1.15. The average Bonchev–Trinajstić information content (AvgIpc) is 3.54. The lowest BCUT2D eigenvalue weighted by Gasteiger charge is -2.47. The van der Waals surface area contributed by atoms with Crippen molar-refractivity contribution in [3.8, 4) is 5.75 Å². The van der Waals surface area contributed by atoms with Crippen molar-refractivity contribution in [3.05, 3.63) is 29.8 Å². The Morgan fingerprint density at radius 1 is 1.14 bits per heavy atom. The van der Waals surface area contributed by atoms with Gasteiger partial charge in [-0.25, -0.2) is 4.99 Å². The van der Waals surface area contributed by atoms with Crippen LogP contribution in [0.15, 0.2) is 29.3 Å². The lowest BCUT2D eigenvalue weighted by Crippen LogP contribution is -2.63. The van der Waals surface area contributed by atoms with E-state index < -0.39 is 0 Å². The summed E-state index contributed by atoms with van der Waals surface area (Å²) in [6.07, 6.45) is 2.62. The number of hydrogen-bond acceptors (Lipinski definition) is 4. The zero-order chi connectivity index (χ0) is 18.5. The van der Waals surface area contributed by atoms with Crippen molar-refractivity contribution in [3.63, 3.8) is 0 Å². The fourth-order valence-electron chi connectivity index (χ4n) is 3.91. The number of para-hydroxylation sites is 1. The van der Waals surface area contributed by atoms with Gasteiger partial charge in [0, 0.05) is 57.4 Å². The minimum atomic E-state index is 0. The highest BCUT2D eigenvalue weighted by Crippen LogP contribution is 2.30. The topological polar surface area (TPSA) is 52.1 Å². The van der Waals surface area contributed by atoms with E-state index in [0.29, 0.717) is 12.6 Å². The summed E-state index contributed by atoms with van der Waals surface area (Å²) in [5.74, 6) is 2.64. The van der Waals surface area contributed by atoms with Crippen LogP contribution in [0, 0.1) is 5.92 Å². The number of aliphatic imine (C=N–C) groups is 1. The molecule has 4 aliphatic rings. The molecule has 3 aliphatic heterocycles. The molecule has 2 bridgehead atoms. The van der Waals surface area contributed by atoms with Gasteiger partial charge < -0.3 is 15.4 Å². The number of rotatable bonds is 8. The zero-order valence-electron chi connectivity index (χ0n) is 16.9. The van der Waals surface area contributed by atoms with E-state index in [2.05, 4.69) is 45.6 Å². The number of halogens is 1. The van der Waals surface area contributed by atoms with Gasteiger partial charge in [0.15, 0.2) is 5.96 Å². The van der Waals surface area contributed by atoms with Crippen molar-refractivity contribution in [2.75, 3.05) is 52.4 Å². The molecule has 1 unspecified atom stereocenters. The number of nitrogens with one attached hydrogen (secondary N) is 2. The van der Waals surface area contributed by atoms with Gasteiger partial charge in [-0.15, -0.1) is 24.0 Å². The number of nitrogens with zero attached hydrogens (tertiary/aromatic N) is 3. The molecule has 3 saturated heterocycles. The van der Waals surface area contributed by atoms with Crippen LogP contribution >= 0.6 is 24.0 Å². The standard InChI is InChI=1S/C21H33N5O.HI/c1-2-22-21(24-14-19-15-25-9-11-26(19)12-10-25)23-13-18-5-3-4-6-20(18)27-16-17-7-8-17;/h3-6,17,19H,2,7-16H2,1H3,(H2,22,23,24);1H. The van der Waals surface area contributed by atoms with Gasteiger partial charge in [-0.1, -0.05) is 18.2 Å². The Bertz CT molecular complexity index is 643. The zero-order valence-corrected chi connectivity index (χ0v) is 19.2. The van der Waals surface area contributed by atoms with Gasteiger partial charge in [-0.3, -0.25) is 9.80 Å². The number of piperazine rings is 3. The molecule has 1 aromatic rings. The highest BCUT2D eigenvalue weighted by molar-refractivity contribution is 14.0. The first kappa shape index (κ1) is 21.6. The molecular formula is C21H34IN5O. The molecule has 156 valence electrons. The van der Waals surface area contributed by atoms with Crippen LogP contribution in [0.2, 0.25) is 0 Å². The van der Waals surface area contributed by atoms with Gasteiger partial charge in [0.1, 0.15) is 5.75 Å². The van der Waals surface area contributed by atoms with E-state index in [-0.39, 0.29) is 24.0 Å². The molecule has 0 radical (unpaired) electrons. The molecular weight excluding hydrogens is 465 g/mol. The fraction of sp³-hybridized carbons (Fsp3) is 0.667. The predicted molar refractivity (Wildman–Crippen MR) is 125 cm³/mol. The summed E-state index contributed by atoms with van der Waals surface area (Å²) in [5, 5.41) is 6.94. The van der Waals surface area contributed by atoms with Crippen molar-refractivity contribution < 1.29 is 4.74 Å². The Labute approximate surface area is 186 Å². The van der Waals surface area contributed by atoms with Crippen molar-refractivity contribution >= 4 is 29.9 Å². The third-order valence-corrected chi connectivity index (χ3v) is 5.79. The molecule has 0 amide bonds. The lowest BCUT2D eigenvalue weighted by atomic mass is 10.1. The SMILES string of the molecule is CCNC(=NCc1ccccc1OCC1CC1)NCC1CN2CCN1CC2.I. The number of guanidine groups is 1. The fourth-order valence-corrected chi connectivity index (χ4v) is 3.91. The van der Waals surface area contributed by atoms with Crippen molar-refractivity contribution in [1.82, 2.24) is 20.4 Å². The average molecular weight is 499 g/mol. The van der Waals surface area contributed by atoms with Crippen LogP contribution in [0.5, 0.6) is 5.75 Å². The molecule has 2 N–H and O–H groups in total. The van der Waals surface area contributed by atoms with E-state index in [1.807, 2.05) is 6.07 Å². The van der Waals surface area contributed by atoms with Crippen LogP contribution in [0.4, 0.5) is 0 Å². The molecule has 1 aliphatic carbocycles. The normalized spacial score (nSPS) is 26.5. The van der Waals surface area contributed by atoms with Crippen LogP contribution in [0.3, 0.4) is 0 Å². The largest absolute Gasteiger partial charge is 0.493 e. The molecule has 1 atom stereocenters. The van der Waals surface area contributed by atoms with Crippen LogP contribution in [0.25, 0.3) is 0 Å². The second-order valence-corrected chi connectivity index (χ2v) is 7.93. The quantitative estimate of drug-likeness (QED) is 0.326. The predicted octanol–water partition coefficient (Wildman–Crippen LogP) is 2.15. The molecule has 1 aromatic carbocycles. The second kappa shape index (κ2) is 10.6. The minimum Gasteiger partial charge on any atom is -0.493 e. The Kier molecular flexibility index (Phi) is 8.23. The number of hydrogen-bond donors (Lipinski definition) is 2. The first-order valence-corrected chi connectivity index (χ1v) is 10.5. The Morgan fingerprint density at radius 3 is 2.61 bits per heavy atom. The maximum absolute atomic E-state index is 6.02. The first-order valence-electron chi connectivity index (χ1n) is 10.5. The molecule has 3 heterocycles. The smallest absolute Gasteiger partial charge is 0.191 e.